The van der Waals surface area contributed by atoms with Crippen LogP contribution in [0.4, 0.5) is 13.2 Å². The molecule has 0 radical (unpaired) electrons. The number of carbonyl (C=O) groups excluding carboxylic acids is 1. The van der Waals surface area contributed by atoms with E-state index >= 15 is 0 Å². The van der Waals surface area contributed by atoms with Gasteiger partial charge in [0.05, 0.1) is 12.2 Å². The van der Waals surface area contributed by atoms with E-state index in [2.05, 4.69) is 18.0 Å². The molecule has 0 aliphatic carbocycles. The number of ether oxygens (including phenoxy) is 1. The maximum absolute atomic E-state index is 12.7. The summed E-state index contributed by atoms with van der Waals surface area (Å²) in [6.07, 6.45) is -0.706. The van der Waals surface area contributed by atoms with Crippen LogP contribution >= 0.6 is 11.8 Å². The van der Waals surface area contributed by atoms with Crippen LogP contribution in [0.25, 0.3) is 0 Å². The van der Waals surface area contributed by atoms with Crippen LogP contribution in [0.1, 0.15) is 41.9 Å². The lowest BCUT2D eigenvalue weighted by Crippen LogP contribution is -2.26. The van der Waals surface area contributed by atoms with Gasteiger partial charge in [0.2, 0.25) is 5.91 Å². The molecule has 1 unspecified atom stereocenters. The summed E-state index contributed by atoms with van der Waals surface area (Å²) in [5.74, 6) is 1.71. The Hall–Kier alpha value is -2.41. The molecular formula is C23H24F3NO2S. The van der Waals surface area contributed by atoms with Crippen molar-refractivity contribution < 1.29 is 22.7 Å². The van der Waals surface area contributed by atoms with Gasteiger partial charge in [-0.05, 0) is 60.2 Å². The summed E-state index contributed by atoms with van der Waals surface area (Å²) in [7, 11) is 0. The lowest BCUT2D eigenvalue weighted by Gasteiger charge is -2.26. The molecule has 0 saturated heterocycles. The number of fused-ring (bicyclic) bond motifs is 1. The van der Waals surface area contributed by atoms with Crippen LogP contribution in [0.3, 0.4) is 0 Å². The van der Waals surface area contributed by atoms with Gasteiger partial charge < -0.3 is 10.1 Å². The third kappa shape index (κ3) is 6.05. The highest BCUT2D eigenvalue weighted by Crippen LogP contribution is 2.38. The molecule has 0 spiro atoms. The minimum Gasteiger partial charge on any atom is -0.493 e. The van der Waals surface area contributed by atoms with E-state index in [4.69, 9.17) is 4.74 Å². The summed E-state index contributed by atoms with van der Waals surface area (Å²) in [6.45, 7) is 4.81. The number of nitrogens with one attached hydrogen (secondary N) is 1. The highest BCUT2D eigenvalue weighted by atomic mass is 32.2. The topological polar surface area (TPSA) is 38.3 Å². The van der Waals surface area contributed by atoms with Gasteiger partial charge in [-0.1, -0.05) is 18.2 Å². The fraction of sp³-hybridized carbons (Fsp3) is 0.348. The van der Waals surface area contributed by atoms with Crippen LogP contribution < -0.4 is 10.1 Å². The monoisotopic (exact) mass is 435 g/mol. The first kappa shape index (κ1) is 22.3. The first-order valence-corrected chi connectivity index (χ1v) is 10.8. The molecule has 2 aromatic carbocycles. The normalized spacial score (nSPS) is 15.8. The van der Waals surface area contributed by atoms with Gasteiger partial charge in [0.25, 0.3) is 0 Å². The SMILES string of the molecule is C=CCC(=O)NCCC1CCOc2ccc(SCc3ccc(C(F)(F)F)cc3)cc21. The van der Waals surface area contributed by atoms with E-state index in [1.165, 1.54) is 12.1 Å². The molecule has 1 aliphatic heterocycles. The zero-order chi connectivity index (χ0) is 21.6. The van der Waals surface area contributed by atoms with E-state index in [1.807, 2.05) is 12.1 Å². The average molecular weight is 436 g/mol. The number of thioether (sulfide) groups is 1. The second-order valence-corrected chi connectivity index (χ2v) is 8.20. The van der Waals surface area contributed by atoms with E-state index in [9.17, 15) is 18.0 Å². The Morgan fingerprint density at radius 1 is 1.23 bits per heavy atom. The molecule has 0 aromatic heterocycles. The number of benzene rings is 2. The van der Waals surface area contributed by atoms with Crippen LogP contribution in [0.5, 0.6) is 5.75 Å². The largest absolute Gasteiger partial charge is 0.493 e. The van der Waals surface area contributed by atoms with Gasteiger partial charge in [0, 0.05) is 23.6 Å². The van der Waals surface area contributed by atoms with Crippen molar-refractivity contribution in [1.29, 1.82) is 0 Å². The van der Waals surface area contributed by atoms with Gasteiger partial charge >= 0.3 is 6.18 Å². The maximum atomic E-state index is 12.7. The fourth-order valence-corrected chi connectivity index (χ4v) is 4.28. The molecule has 1 atom stereocenters. The van der Waals surface area contributed by atoms with E-state index in [-0.39, 0.29) is 5.91 Å². The van der Waals surface area contributed by atoms with Crippen molar-refractivity contribution in [3.05, 3.63) is 71.8 Å². The first-order chi connectivity index (χ1) is 14.4. The Morgan fingerprint density at radius 3 is 2.70 bits per heavy atom. The van der Waals surface area contributed by atoms with Crippen LogP contribution in [0, 0.1) is 0 Å². The molecular weight excluding hydrogens is 411 g/mol. The van der Waals surface area contributed by atoms with E-state index in [0.717, 1.165) is 46.7 Å². The molecule has 7 heteroatoms. The van der Waals surface area contributed by atoms with Crippen LogP contribution in [-0.2, 0) is 16.7 Å². The fourth-order valence-electron chi connectivity index (χ4n) is 3.38. The van der Waals surface area contributed by atoms with Gasteiger partial charge in [-0.15, -0.1) is 18.3 Å². The predicted octanol–water partition coefficient (Wildman–Crippen LogP) is 5.95. The van der Waals surface area contributed by atoms with Crippen molar-refractivity contribution in [2.24, 2.45) is 0 Å². The second kappa shape index (κ2) is 10.1. The van der Waals surface area contributed by atoms with Gasteiger partial charge in [-0.2, -0.15) is 13.2 Å². The standard InChI is InChI=1S/C23H24F3NO2S/c1-2-3-22(28)27-12-10-17-11-13-29-21-9-8-19(14-20(17)21)30-15-16-4-6-18(7-5-16)23(24,25)26/h2,4-9,14,17H,1,3,10-13,15H2,(H,27,28). The Bertz CT molecular complexity index is 881. The third-order valence-electron chi connectivity index (χ3n) is 4.98. The van der Waals surface area contributed by atoms with Crippen molar-refractivity contribution in [3.63, 3.8) is 0 Å². The van der Waals surface area contributed by atoms with Crippen LogP contribution in [-0.4, -0.2) is 19.1 Å². The molecule has 0 fully saturated rings. The minimum absolute atomic E-state index is 0.0295. The highest BCUT2D eigenvalue weighted by Gasteiger charge is 2.30. The highest BCUT2D eigenvalue weighted by molar-refractivity contribution is 7.98. The molecule has 1 amide bonds. The number of alkyl halides is 3. The molecule has 2 aromatic rings. The molecule has 1 aliphatic rings. The average Bonchev–Trinajstić information content (AvgIpc) is 2.72. The zero-order valence-corrected chi connectivity index (χ0v) is 17.3. The first-order valence-electron chi connectivity index (χ1n) is 9.80. The minimum atomic E-state index is -4.32. The zero-order valence-electron chi connectivity index (χ0n) is 16.5. The molecule has 0 bridgehead atoms. The Kier molecular flexibility index (Phi) is 7.48. The lowest BCUT2D eigenvalue weighted by molar-refractivity contribution is -0.137. The Labute approximate surface area is 178 Å². The van der Waals surface area contributed by atoms with Gasteiger partial charge in [0.15, 0.2) is 0 Å². The van der Waals surface area contributed by atoms with Crippen LogP contribution in [0.2, 0.25) is 0 Å². The third-order valence-corrected chi connectivity index (χ3v) is 6.04. The molecule has 3 nitrogen and oxygen atoms in total. The van der Waals surface area contributed by atoms with Gasteiger partial charge in [-0.3, -0.25) is 4.79 Å². The summed E-state index contributed by atoms with van der Waals surface area (Å²) in [4.78, 5) is 12.6. The van der Waals surface area contributed by atoms with Crippen molar-refractivity contribution in [2.75, 3.05) is 13.2 Å². The molecule has 0 saturated carbocycles. The predicted molar refractivity (Wildman–Crippen MR) is 113 cm³/mol. The van der Waals surface area contributed by atoms with Crippen molar-refractivity contribution in [1.82, 2.24) is 5.32 Å². The van der Waals surface area contributed by atoms with Gasteiger partial charge in [0.1, 0.15) is 5.75 Å². The molecule has 1 N–H and O–H groups in total. The number of hydrogen-bond donors (Lipinski definition) is 1. The number of halogens is 3. The smallest absolute Gasteiger partial charge is 0.416 e. The number of rotatable bonds is 8. The van der Waals surface area contributed by atoms with E-state index < -0.39 is 11.7 Å². The van der Waals surface area contributed by atoms with Crippen LogP contribution in [0.15, 0.2) is 60.0 Å². The van der Waals surface area contributed by atoms with Crippen molar-refractivity contribution in [3.8, 4) is 5.75 Å². The molecule has 1 heterocycles. The number of amides is 1. The summed E-state index contributed by atoms with van der Waals surface area (Å²) in [6, 6.07) is 11.3. The molecule has 3 rings (SSSR count). The summed E-state index contributed by atoms with van der Waals surface area (Å²) in [5, 5.41) is 2.90. The summed E-state index contributed by atoms with van der Waals surface area (Å²) >= 11 is 1.58. The quantitative estimate of drug-likeness (QED) is 0.412. The molecule has 160 valence electrons. The second-order valence-electron chi connectivity index (χ2n) is 7.15. The Balaban J connectivity index is 1.61. The summed E-state index contributed by atoms with van der Waals surface area (Å²) < 4.78 is 43.8. The number of carbonyl (C=O) groups is 1. The van der Waals surface area contributed by atoms with Crippen molar-refractivity contribution >= 4 is 17.7 Å². The van der Waals surface area contributed by atoms with Gasteiger partial charge in [-0.25, -0.2) is 0 Å². The lowest BCUT2D eigenvalue weighted by atomic mass is 9.90. The summed E-state index contributed by atoms with van der Waals surface area (Å²) in [5.41, 5.74) is 1.32. The van der Waals surface area contributed by atoms with E-state index in [0.29, 0.717) is 31.2 Å². The Morgan fingerprint density at radius 2 is 2.00 bits per heavy atom. The van der Waals surface area contributed by atoms with E-state index in [1.54, 1.807) is 17.8 Å². The number of hydrogen-bond acceptors (Lipinski definition) is 3. The maximum Gasteiger partial charge on any atom is 0.416 e. The van der Waals surface area contributed by atoms with Crippen molar-refractivity contribution in [2.45, 2.75) is 42.0 Å². The molecule has 30 heavy (non-hydrogen) atoms.